The van der Waals surface area contributed by atoms with Gasteiger partial charge in [-0.05, 0) is 33.6 Å². The van der Waals surface area contributed by atoms with Gasteiger partial charge in [-0.25, -0.2) is 9.97 Å². The summed E-state index contributed by atoms with van der Waals surface area (Å²) in [5.74, 6) is 0.634. The molecular formula is C11H8BrClN2O. The normalized spacial score (nSPS) is 10.2. The minimum Gasteiger partial charge on any atom is -0.495 e. The highest BCUT2D eigenvalue weighted by molar-refractivity contribution is 9.10. The lowest BCUT2D eigenvalue weighted by Crippen LogP contribution is -1.88. The second-order valence-electron chi connectivity index (χ2n) is 3.08. The van der Waals surface area contributed by atoms with Gasteiger partial charge in [-0.1, -0.05) is 17.7 Å². The highest BCUT2D eigenvalue weighted by atomic mass is 79.9. The third kappa shape index (κ3) is 2.18. The molecule has 0 fully saturated rings. The van der Waals surface area contributed by atoms with Gasteiger partial charge in [0.15, 0.2) is 0 Å². The molecule has 1 heterocycles. The van der Waals surface area contributed by atoms with Crippen LogP contribution in [0.3, 0.4) is 0 Å². The molecule has 0 radical (unpaired) electrons. The fraction of sp³-hybridized carbons (Fsp3) is 0.0909. The van der Waals surface area contributed by atoms with Crippen molar-refractivity contribution < 1.29 is 4.74 Å². The molecule has 0 saturated heterocycles. The Kier molecular flexibility index (Phi) is 3.41. The van der Waals surface area contributed by atoms with Crippen LogP contribution in [0.2, 0.25) is 5.02 Å². The van der Waals surface area contributed by atoms with Crippen LogP contribution in [0.5, 0.6) is 5.75 Å². The van der Waals surface area contributed by atoms with Crippen LogP contribution in [0.25, 0.3) is 11.1 Å². The minimum atomic E-state index is 0.583. The highest BCUT2D eigenvalue weighted by Crippen LogP contribution is 2.32. The van der Waals surface area contributed by atoms with E-state index in [1.807, 2.05) is 12.1 Å². The molecule has 0 unspecified atom stereocenters. The zero-order valence-electron chi connectivity index (χ0n) is 8.45. The standard InChI is InChI=1S/C11H8BrClN2O/c1-16-10-4-7(2-3-9(10)13)8-5-14-6-15-11(8)12/h2-6H,1H3. The first-order valence-corrected chi connectivity index (χ1v) is 5.69. The van der Waals surface area contributed by atoms with Crippen molar-refractivity contribution in [2.24, 2.45) is 0 Å². The molecule has 16 heavy (non-hydrogen) atoms. The van der Waals surface area contributed by atoms with Crippen molar-refractivity contribution in [2.75, 3.05) is 7.11 Å². The largest absolute Gasteiger partial charge is 0.495 e. The molecular weight excluding hydrogens is 291 g/mol. The van der Waals surface area contributed by atoms with Gasteiger partial charge >= 0.3 is 0 Å². The van der Waals surface area contributed by atoms with Crippen LogP contribution in [0.1, 0.15) is 0 Å². The van der Waals surface area contributed by atoms with Gasteiger partial charge in [0.25, 0.3) is 0 Å². The van der Waals surface area contributed by atoms with Gasteiger partial charge in [0.2, 0.25) is 0 Å². The number of hydrogen-bond donors (Lipinski definition) is 0. The van der Waals surface area contributed by atoms with Crippen LogP contribution in [0.4, 0.5) is 0 Å². The molecule has 2 aromatic rings. The van der Waals surface area contributed by atoms with E-state index in [0.717, 1.165) is 15.7 Å². The summed E-state index contributed by atoms with van der Waals surface area (Å²) in [6.45, 7) is 0. The average molecular weight is 300 g/mol. The van der Waals surface area contributed by atoms with Gasteiger partial charge in [-0.2, -0.15) is 0 Å². The summed E-state index contributed by atoms with van der Waals surface area (Å²) in [5.41, 5.74) is 1.85. The molecule has 0 bridgehead atoms. The zero-order chi connectivity index (χ0) is 11.5. The molecule has 0 amide bonds. The molecule has 0 N–H and O–H groups in total. The Bertz CT molecular complexity index is 519. The summed E-state index contributed by atoms with van der Waals surface area (Å²) in [6, 6.07) is 5.54. The maximum absolute atomic E-state index is 5.96. The second kappa shape index (κ2) is 4.80. The summed E-state index contributed by atoms with van der Waals surface area (Å²) in [4.78, 5) is 8.05. The number of methoxy groups -OCH3 is 1. The van der Waals surface area contributed by atoms with E-state index >= 15 is 0 Å². The zero-order valence-corrected chi connectivity index (χ0v) is 10.8. The summed E-state index contributed by atoms with van der Waals surface area (Å²) in [6.07, 6.45) is 3.22. The maximum atomic E-state index is 5.96. The molecule has 2 rings (SSSR count). The smallest absolute Gasteiger partial charge is 0.138 e. The Morgan fingerprint density at radius 3 is 2.88 bits per heavy atom. The van der Waals surface area contributed by atoms with E-state index in [2.05, 4.69) is 25.9 Å². The molecule has 0 aliphatic carbocycles. The molecule has 0 aliphatic heterocycles. The predicted octanol–water partition coefficient (Wildman–Crippen LogP) is 3.57. The topological polar surface area (TPSA) is 35.0 Å². The number of aromatic nitrogens is 2. The molecule has 5 heteroatoms. The number of hydrogen-bond acceptors (Lipinski definition) is 3. The number of rotatable bonds is 2. The molecule has 0 atom stereocenters. The lowest BCUT2D eigenvalue weighted by atomic mass is 10.1. The number of benzene rings is 1. The van der Waals surface area contributed by atoms with Gasteiger partial charge < -0.3 is 4.74 Å². The van der Waals surface area contributed by atoms with Crippen LogP contribution in [-0.4, -0.2) is 17.1 Å². The van der Waals surface area contributed by atoms with Crippen molar-refractivity contribution in [1.82, 2.24) is 9.97 Å². The Balaban J connectivity index is 2.53. The van der Waals surface area contributed by atoms with E-state index in [-0.39, 0.29) is 0 Å². The van der Waals surface area contributed by atoms with Crippen LogP contribution in [-0.2, 0) is 0 Å². The Morgan fingerprint density at radius 2 is 2.19 bits per heavy atom. The van der Waals surface area contributed by atoms with Crippen LogP contribution in [0.15, 0.2) is 35.3 Å². The molecule has 0 spiro atoms. The van der Waals surface area contributed by atoms with E-state index in [9.17, 15) is 0 Å². The highest BCUT2D eigenvalue weighted by Gasteiger charge is 2.07. The summed E-state index contributed by atoms with van der Waals surface area (Å²) in [5, 5.41) is 0.583. The van der Waals surface area contributed by atoms with Gasteiger partial charge in [0, 0.05) is 11.8 Å². The molecule has 1 aromatic carbocycles. The minimum absolute atomic E-state index is 0.583. The molecule has 0 aliphatic rings. The molecule has 82 valence electrons. The lowest BCUT2D eigenvalue weighted by molar-refractivity contribution is 0.415. The number of halogens is 2. The van der Waals surface area contributed by atoms with E-state index in [0.29, 0.717) is 10.8 Å². The summed E-state index contributed by atoms with van der Waals surface area (Å²) >= 11 is 9.33. The third-order valence-electron chi connectivity index (χ3n) is 2.13. The van der Waals surface area contributed by atoms with Gasteiger partial charge in [0.1, 0.15) is 16.7 Å². The predicted molar refractivity (Wildman–Crippen MR) is 66.7 cm³/mol. The fourth-order valence-electron chi connectivity index (χ4n) is 1.34. The van der Waals surface area contributed by atoms with E-state index in [4.69, 9.17) is 16.3 Å². The summed E-state index contributed by atoms with van der Waals surface area (Å²) < 4.78 is 5.90. The van der Waals surface area contributed by atoms with E-state index in [1.54, 1.807) is 19.4 Å². The first kappa shape index (κ1) is 11.4. The fourth-order valence-corrected chi connectivity index (χ4v) is 1.95. The number of ether oxygens (including phenoxy) is 1. The van der Waals surface area contributed by atoms with E-state index < -0.39 is 0 Å². The monoisotopic (exact) mass is 298 g/mol. The molecule has 1 aromatic heterocycles. The average Bonchev–Trinajstić information content (AvgIpc) is 2.31. The van der Waals surface area contributed by atoms with Crippen molar-refractivity contribution in [2.45, 2.75) is 0 Å². The van der Waals surface area contributed by atoms with Gasteiger partial charge in [-0.3, -0.25) is 0 Å². The first-order chi connectivity index (χ1) is 7.72. The van der Waals surface area contributed by atoms with Crippen molar-refractivity contribution >= 4 is 27.5 Å². The van der Waals surface area contributed by atoms with Crippen molar-refractivity contribution in [1.29, 1.82) is 0 Å². The lowest BCUT2D eigenvalue weighted by Gasteiger charge is -2.07. The van der Waals surface area contributed by atoms with Gasteiger partial charge in [-0.15, -0.1) is 0 Å². The summed E-state index contributed by atoms with van der Waals surface area (Å²) in [7, 11) is 1.58. The number of nitrogens with zero attached hydrogens (tertiary/aromatic N) is 2. The Labute approximate surface area is 107 Å². The van der Waals surface area contributed by atoms with Crippen molar-refractivity contribution in [3.05, 3.63) is 40.3 Å². The molecule has 0 saturated carbocycles. The van der Waals surface area contributed by atoms with Crippen LogP contribution in [0, 0.1) is 0 Å². The quantitative estimate of drug-likeness (QED) is 0.795. The maximum Gasteiger partial charge on any atom is 0.138 e. The Hall–Kier alpha value is -1.13. The van der Waals surface area contributed by atoms with E-state index in [1.165, 1.54) is 6.33 Å². The third-order valence-corrected chi connectivity index (χ3v) is 3.07. The van der Waals surface area contributed by atoms with Gasteiger partial charge in [0.05, 0.1) is 12.1 Å². The second-order valence-corrected chi connectivity index (χ2v) is 4.23. The first-order valence-electron chi connectivity index (χ1n) is 4.52. The van der Waals surface area contributed by atoms with Crippen LogP contribution < -0.4 is 4.74 Å². The van der Waals surface area contributed by atoms with Crippen molar-refractivity contribution in [3.63, 3.8) is 0 Å². The SMILES string of the molecule is COc1cc(-c2cncnc2Br)ccc1Cl. The Morgan fingerprint density at radius 1 is 1.38 bits per heavy atom. The molecule has 3 nitrogen and oxygen atoms in total. The van der Waals surface area contributed by atoms with Crippen molar-refractivity contribution in [3.8, 4) is 16.9 Å². The van der Waals surface area contributed by atoms with Crippen LogP contribution >= 0.6 is 27.5 Å².